The topological polar surface area (TPSA) is 0 Å². The Morgan fingerprint density at radius 1 is 0.538 bits per heavy atom. The summed E-state index contributed by atoms with van der Waals surface area (Å²) in [7, 11) is -2.35. The fourth-order valence-electron chi connectivity index (χ4n) is 7.84. The first-order valence-electron chi connectivity index (χ1n) is 13.4. The molecule has 0 aromatic heterocycles. The fraction of sp³-hybridized carbons (Fsp3) is 0.143. The molecule has 8 rings (SSSR count). The van der Waals surface area contributed by atoms with E-state index in [0.717, 1.165) is 0 Å². The first-order chi connectivity index (χ1) is 18.1. The maximum absolute atomic E-state index is 2.68. The van der Waals surface area contributed by atoms with Crippen LogP contribution in [-0.4, -0.2) is 8.07 Å². The SMILES string of the molecule is CC1=C2c3c(ccc4ccccc34)[CH]1[Zr+2][CH]1C(C)=C(c3c1ccc1ccccc31)[Si]2(C)c1ccccc1.[Cl-].[Cl-]. The summed E-state index contributed by atoms with van der Waals surface area (Å²) in [6, 6.07) is 39.6. The molecular formula is C35H28Cl2SiZr. The van der Waals surface area contributed by atoms with E-state index in [-0.39, 0.29) is 24.8 Å². The molecule has 190 valence electrons. The quantitative estimate of drug-likeness (QED) is 0.248. The molecule has 1 heterocycles. The summed E-state index contributed by atoms with van der Waals surface area (Å²) in [5.74, 6) is 0. The van der Waals surface area contributed by atoms with Crippen LogP contribution in [0.4, 0.5) is 0 Å². The summed E-state index contributed by atoms with van der Waals surface area (Å²) in [5.41, 5.74) is 9.85. The zero-order chi connectivity index (χ0) is 24.9. The molecular weight excluding hydrogens is 611 g/mol. The van der Waals surface area contributed by atoms with Crippen LogP contribution in [0, 0.1) is 0 Å². The van der Waals surface area contributed by atoms with Crippen molar-refractivity contribution >= 4 is 45.2 Å². The third kappa shape index (κ3) is 3.51. The maximum Gasteiger partial charge on any atom is -1.00 e. The number of halogens is 2. The van der Waals surface area contributed by atoms with Crippen LogP contribution in [-0.2, 0) is 23.2 Å². The van der Waals surface area contributed by atoms with Gasteiger partial charge in [-0.2, -0.15) is 0 Å². The van der Waals surface area contributed by atoms with E-state index in [0.29, 0.717) is 7.25 Å². The van der Waals surface area contributed by atoms with Crippen molar-refractivity contribution in [1.82, 2.24) is 0 Å². The van der Waals surface area contributed by atoms with Crippen LogP contribution in [0.1, 0.15) is 43.4 Å². The van der Waals surface area contributed by atoms with Gasteiger partial charge in [0.25, 0.3) is 0 Å². The Morgan fingerprint density at radius 3 is 1.46 bits per heavy atom. The average Bonchev–Trinajstić information content (AvgIpc) is 3.41. The van der Waals surface area contributed by atoms with Crippen molar-refractivity contribution in [2.75, 3.05) is 0 Å². The van der Waals surface area contributed by atoms with Gasteiger partial charge in [0.15, 0.2) is 0 Å². The Kier molecular flexibility index (Phi) is 6.71. The van der Waals surface area contributed by atoms with E-state index in [1.807, 2.05) is 0 Å². The van der Waals surface area contributed by atoms with Gasteiger partial charge >= 0.3 is 233 Å². The second-order valence-electron chi connectivity index (χ2n) is 11.1. The van der Waals surface area contributed by atoms with Gasteiger partial charge in [0.1, 0.15) is 0 Å². The maximum atomic E-state index is 2.68. The molecule has 2 atom stereocenters. The minimum atomic E-state index is -2.35. The van der Waals surface area contributed by atoms with Gasteiger partial charge in [-0.15, -0.1) is 0 Å². The number of allylic oxidation sites excluding steroid dienone is 2. The molecule has 0 nitrogen and oxygen atoms in total. The average molecular weight is 639 g/mol. The molecule has 0 radical (unpaired) electrons. The first kappa shape index (κ1) is 27.0. The molecule has 4 heteroatoms. The number of fused-ring (bicyclic) bond motifs is 12. The molecule has 0 amide bonds. The molecule has 39 heavy (non-hydrogen) atoms. The standard InChI is InChI=1S/C35H28Si.2ClH.Zr/c1-23-21-27-19-17-25-11-7-9-15-30(25)32(27)34(23)36(3,29-13-5-4-6-14-29)35-24(2)22-28-20-18-26-12-8-10-16-31(26)33(28)35;;;/h4-22H,1-3H3;2*1H;/q;;;+2/p-2. The molecule has 4 bridgehead atoms. The summed E-state index contributed by atoms with van der Waals surface area (Å²) >= 11 is -0.878. The largest absolute Gasteiger partial charge is 1.00 e. The van der Waals surface area contributed by atoms with Gasteiger partial charge < -0.3 is 24.8 Å². The number of hydrogen-bond donors (Lipinski definition) is 0. The second-order valence-corrected chi connectivity index (χ2v) is 18.6. The Bertz CT molecular complexity index is 1740. The minimum absolute atomic E-state index is 0. The molecule has 0 N–H and O–H groups in total. The van der Waals surface area contributed by atoms with Gasteiger partial charge in [0.05, 0.1) is 0 Å². The van der Waals surface area contributed by atoms with E-state index in [2.05, 4.69) is 124 Å². The van der Waals surface area contributed by atoms with Crippen molar-refractivity contribution < 1.29 is 48.0 Å². The van der Waals surface area contributed by atoms with Gasteiger partial charge in [-0.05, 0) is 0 Å². The van der Waals surface area contributed by atoms with Crippen LogP contribution < -0.4 is 30.0 Å². The van der Waals surface area contributed by atoms with Crippen molar-refractivity contribution in [3.8, 4) is 0 Å². The van der Waals surface area contributed by atoms with E-state index < -0.39 is 31.3 Å². The molecule has 0 fully saturated rings. The van der Waals surface area contributed by atoms with Crippen molar-refractivity contribution in [2.45, 2.75) is 27.6 Å². The molecule has 5 aromatic carbocycles. The second kappa shape index (κ2) is 9.71. The number of benzene rings is 5. The summed E-state index contributed by atoms with van der Waals surface area (Å²) in [6.07, 6.45) is 0. The van der Waals surface area contributed by atoms with Gasteiger partial charge in [0.2, 0.25) is 0 Å². The Balaban J connectivity index is 0.00000138. The first-order valence-corrected chi connectivity index (χ1v) is 18.7. The Hall–Kier alpha value is -2.22. The van der Waals surface area contributed by atoms with Crippen molar-refractivity contribution in [3.63, 3.8) is 0 Å². The van der Waals surface area contributed by atoms with Crippen molar-refractivity contribution in [3.05, 3.63) is 137 Å². The van der Waals surface area contributed by atoms with E-state index in [4.69, 9.17) is 0 Å². The third-order valence-corrected chi connectivity index (χ3v) is 19.5. The molecule has 1 aliphatic heterocycles. The third-order valence-electron chi connectivity index (χ3n) is 9.38. The number of hydrogen-bond acceptors (Lipinski definition) is 0. The van der Waals surface area contributed by atoms with Gasteiger partial charge in [0, 0.05) is 0 Å². The van der Waals surface area contributed by atoms with Gasteiger partial charge in [-0.1, -0.05) is 0 Å². The van der Waals surface area contributed by atoms with Crippen molar-refractivity contribution in [1.29, 1.82) is 0 Å². The molecule has 2 aliphatic carbocycles. The minimum Gasteiger partial charge on any atom is -1.00 e. The zero-order valence-corrected chi connectivity index (χ0v) is 27.2. The Morgan fingerprint density at radius 2 is 0.974 bits per heavy atom. The van der Waals surface area contributed by atoms with Gasteiger partial charge in [-0.25, -0.2) is 0 Å². The summed E-state index contributed by atoms with van der Waals surface area (Å²) in [6.45, 7) is 7.69. The summed E-state index contributed by atoms with van der Waals surface area (Å²) in [5, 5.41) is 10.6. The van der Waals surface area contributed by atoms with Crippen LogP contribution in [0.25, 0.3) is 31.9 Å². The van der Waals surface area contributed by atoms with Crippen LogP contribution in [0.2, 0.25) is 6.55 Å². The molecule has 0 saturated heterocycles. The normalized spacial score (nSPS) is 22.2. The van der Waals surface area contributed by atoms with Crippen molar-refractivity contribution in [2.24, 2.45) is 0 Å². The van der Waals surface area contributed by atoms with E-state index in [1.54, 1.807) is 49.0 Å². The van der Waals surface area contributed by atoms with Gasteiger partial charge in [-0.3, -0.25) is 0 Å². The molecule has 5 aromatic rings. The summed E-state index contributed by atoms with van der Waals surface area (Å²) < 4.78 is 1.29. The van der Waals surface area contributed by atoms with Crippen LogP contribution in [0.15, 0.2) is 114 Å². The molecule has 2 unspecified atom stereocenters. The van der Waals surface area contributed by atoms with E-state index in [9.17, 15) is 0 Å². The smallest absolute Gasteiger partial charge is 1.00 e. The number of rotatable bonds is 1. The van der Waals surface area contributed by atoms with Crippen LogP contribution in [0.5, 0.6) is 0 Å². The monoisotopic (exact) mass is 636 g/mol. The summed E-state index contributed by atoms with van der Waals surface area (Å²) in [4.78, 5) is 0. The Labute approximate surface area is 255 Å². The van der Waals surface area contributed by atoms with Crippen LogP contribution >= 0.6 is 0 Å². The zero-order valence-electron chi connectivity index (χ0n) is 22.2. The fourth-order valence-corrected chi connectivity index (χ4v) is 18.5. The molecule has 3 aliphatic rings. The predicted molar refractivity (Wildman–Crippen MR) is 156 cm³/mol. The van der Waals surface area contributed by atoms with Crippen LogP contribution in [0.3, 0.4) is 0 Å². The molecule has 0 saturated carbocycles. The predicted octanol–water partition coefficient (Wildman–Crippen LogP) is 2.52. The van der Waals surface area contributed by atoms with E-state index in [1.165, 1.54) is 21.5 Å². The van der Waals surface area contributed by atoms with E-state index >= 15 is 0 Å². The molecule has 0 spiro atoms.